The largest absolute Gasteiger partial charge is 0.493 e. The Morgan fingerprint density at radius 1 is 0.717 bits per heavy atom. The third kappa shape index (κ3) is 5.29. The molecule has 8 rings (SSSR count). The van der Waals surface area contributed by atoms with Gasteiger partial charge in [-0.2, -0.15) is 0 Å². The number of rotatable bonds is 3. The molecule has 0 amide bonds. The van der Waals surface area contributed by atoms with E-state index in [1.165, 1.54) is 22.3 Å². The van der Waals surface area contributed by atoms with Crippen LogP contribution in [0, 0.1) is 6.92 Å². The fourth-order valence-corrected chi connectivity index (χ4v) is 7.38. The molecule has 8 heteroatoms. The van der Waals surface area contributed by atoms with Crippen LogP contribution in [0.15, 0.2) is 54.6 Å². The molecule has 0 saturated carbocycles. The molecule has 240 valence electrons. The van der Waals surface area contributed by atoms with Crippen molar-refractivity contribution >= 4 is 5.69 Å². The lowest BCUT2D eigenvalue weighted by atomic mass is 9.86. The van der Waals surface area contributed by atoms with Crippen molar-refractivity contribution in [2.24, 2.45) is 0 Å². The topological polar surface area (TPSA) is 78.7 Å². The van der Waals surface area contributed by atoms with Gasteiger partial charge in [-0.05, 0) is 110 Å². The standard InChI is InChI=1S/C38H43N3O5/c1-22-15-24-11-13-40(2)30-16-23-7-9-27(10-8-23)45-34-19-26(29(39)21-33(34)42-4)17-31-36-25(12-14-41(31)3)18-35(43-5)37(44-6)38(36)46-32(22)20-28(24)30/h7-10,15,18-21,30-31H,11-14,16-17,39H2,1-6H3/t30-,31-/m0/s1. The Kier molecular flexibility index (Phi) is 7.95. The normalized spacial score (nSPS) is 19.3. The lowest BCUT2D eigenvalue weighted by Gasteiger charge is -2.37. The molecule has 46 heavy (non-hydrogen) atoms. The predicted molar refractivity (Wildman–Crippen MR) is 180 cm³/mol. The maximum Gasteiger partial charge on any atom is 0.204 e. The summed E-state index contributed by atoms with van der Waals surface area (Å²) in [6, 6.07) is 19.1. The molecule has 2 atom stereocenters. The summed E-state index contributed by atoms with van der Waals surface area (Å²) in [5.41, 5.74) is 15.6. The molecule has 0 aliphatic carbocycles. The number of nitrogen functional groups attached to an aromatic ring is 1. The molecule has 6 bridgehead atoms. The minimum absolute atomic E-state index is 0.0444. The molecule has 4 aromatic rings. The van der Waals surface area contributed by atoms with Gasteiger partial charge in [0.2, 0.25) is 5.75 Å². The van der Waals surface area contributed by atoms with Gasteiger partial charge in [-0.1, -0.05) is 18.2 Å². The van der Waals surface area contributed by atoms with Crippen molar-refractivity contribution in [3.8, 4) is 40.2 Å². The Morgan fingerprint density at radius 3 is 2.15 bits per heavy atom. The van der Waals surface area contributed by atoms with Gasteiger partial charge < -0.3 is 29.4 Å². The molecular formula is C38H43N3O5. The van der Waals surface area contributed by atoms with Gasteiger partial charge in [-0.25, -0.2) is 0 Å². The molecule has 4 aliphatic heterocycles. The number of aryl methyl sites for hydroxylation is 1. The minimum atomic E-state index is -0.0444. The van der Waals surface area contributed by atoms with Gasteiger partial charge in [-0.3, -0.25) is 9.80 Å². The number of nitrogens with two attached hydrogens (primary N) is 1. The van der Waals surface area contributed by atoms with Gasteiger partial charge in [0.15, 0.2) is 23.0 Å². The van der Waals surface area contributed by atoms with E-state index in [4.69, 9.17) is 29.4 Å². The summed E-state index contributed by atoms with van der Waals surface area (Å²) in [5, 5.41) is 0. The number of hydrogen-bond donors (Lipinski definition) is 1. The monoisotopic (exact) mass is 621 g/mol. The fourth-order valence-electron chi connectivity index (χ4n) is 7.38. The third-order valence-corrected chi connectivity index (χ3v) is 10.0. The Labute approximate surface area is 271 Å². The molecule has 4 aliphatic rings. The highest BCUT2D eigenvalue weighted by molar-refractivity contribution is 5.64. The highest BCUT2D eigenvalue weighted by Crippen LogP contribution is 2.51. The summed E-state index contributed by atoms with van der Waals surface area (Å²) in [6.45, 7) is 4.02. The van der Waals surface area contributed by atoms with Crippen LogP contribution in [-0.4, -0.2) is 58.3 Å². The first-order valence-corrected chi connectivity index (χ1v) is 16.0. The number of anilines is 1. The van der Waals surface area contributed by atoms with Crippen LogP contribution in [0.1, 0.15) is 51.0 Å². The number of ether oxygens (including phenoxy) is 5. The van der Waals surface area contributed by atoms with Gasteiger partial charge in [0.05, 0.1) is 21.3 Å². The molecule has 0 unspecified atom stereocenters. The number of methoxy groups -OCH3 is 3. The highest BCUT2D eigenvalue weighted by atomic mass is 16.5. The number of hydrogen-bond acceptors (Lipinski definition) is 8. The smallest absolute Gasteiger partial charge is 0.204 e. The summed E-state index contributed by atoms with van der Waals surface area (Å²) in [7, 11) is 9.37. The average molecular weight is 622 g/mol. The molecule has 0 saturated heterocycles. The maximum absolute atomic E-state index is 7.06. The molecule has 0 aromatic heterocycles. The van der Waals surface area contributed by atoms with E-state index in [0.29, 0.717) is 40.9 Å². The Hall–Kier alpha value is -4.40. The summed E-state index contributed by atoms with van der Waals surface area (Å²) in [5.74, 6) is 4.75. The number of fused-ring (bicyclic) bond motifs is 2. The lowest BCUT2D eigenvalue weighted by molar-refractivity contribution is 0.221. The minimum Gasteiger partial charge on any atom is -0.493 e. The van der Waals surface area contributed by atoms with Crippen LogP contribution < -0.4 is 29.4 Å². The Morgan fingerprint density at radius 2 is 1.43 bits per heavy atom. The molecule has 4 heterocycles. The van der Waals surface area contributed by atoms with Crippen molar-refractivity contribution in [1.29, 1.82) is 0 Å². The van der Waals surface area contributed by atoms with E-state index >= 15 is 0 Å². The van der Waals surface area contributed by atoms with Crippen molar-refractivity contribution in [1.82, 2.24) is 9.80 Å². The van der Waals surface area contributed by atoms with Crippen molar-refractivity contribution < 1.29 is 23.7 Å². The SMILES string of the molecule is COc1cc(N)c2cc1Oc1ccc(cc1)C[C@H]1c3cc(c(C)cc3CCN1C)Oc1c(OC)c(OC)cc3c1[C@H](C2)N(C)CC3. The lowest BCUT2D eigenvalue weighted by Crippen LogP contribution is -2.34. The van der Waals surface area contributed by atoms with E-state index < -0.39 is 0 Å². The van der Waals surface area contributed by atoms with E-state index in [-0.39, 0.29) is 12.1 Å². The van der Waals surface area contributed by atoms with Gasteiger partial charge >= 0.3 is 0 Å². The fraction of sp³-hybridized carbons (Fsp3) is 0.368. The molecule has 4 aromatic carbocycles. The van der Waals surface area contributed by atoms with Crippen LogP contribution in [0.2, 0.25) is 0 Å². The third-order valence-electron chi connectivity index (χ3n) is 10.0. The van der Waals surface area contributed by atoms with Crippen molar-refractivity contribution in [3.63, 3.8) is 0 Å². The second-order valence-corrected chi connectivity index (χ2v) is 12.8. The van der Waals surface area contributed by atoms with Crippen LogP contribution in [-0.2, 0) is 25.7 Å². The van der Waals surface area contributed by atoms with Gasteiger partial charge in [0.1, 0.15) is 11.5 Å². The van der Waals surface area contributed by atoms with Crippen LogP contribution in [0.5, 0.6) is 40.2 Å². The van der Waals surface area contributed by atoms with Crippen molar-refractivity contribution in [2.45, 2.75) is 44.7 Å². The van der Waals surface area contributed by atoms with Crippen LogP contribution in [0.25, 0.3) is 0 Å². The molecule has 0 spiro atoms. The first kappa shape index (κ1) is 30.3. The van der Waals surface area contributed by atoms with E-state index in [1.807, 2.05) is 24.3 Å². The highest BCUT2D eigenvalue weighted by Gasteiger charge is 2.34. The summed E-state index contributed by atoms with van der Waals surface area (Å²) < 4.78 is 31.2. The summed E-state index contributed by atoms with van der Waals surface area (Å²) in [4.78, 5) is 4.82. The van der Waals surface area contributed by atoms with E-state index in [9.17, 15) is 0 Å². The van der Waals surface area contributed by atoms with E-state index in [0.717, 1.165) is 60.5 Å². The predicted octanol–water partition coefficient (Wildman–Crippen LogP) is 7.04. The number of nitrogens with zero attached hydrogens (tertiary/aromatic N) is 2. The number of benzene rings is 4. The van der Waals surface area contributed by atoms with Crippen LogP contribution >= 0.6 is 0 Å². The zero-order valence-electron chi connectivity index (χ0n) is 27.6. The quantitative estimate of drug-likeness (QED) is 0.244. The van der Waals surface area contributed by atoms with Gasteiger partial charge in [0, 0.05) is 42.5 Å². The second kappa shape index (κ2) is 12.1. The molecular weight excluding hydrogens is 578 g/mol. The maximum atomic E-state index is 7.06. The molecule has 2 N–H and O–H groups in total. The molecule has 0 radical (unpaired) electrons. The number of likely N-dealkylation sites (N-methyl/N-ethyl adjacent to an activating group) is 2. The first-order chi connectivity index (χ1) is 22.3. The zero-order valence-corrected chi connectivity index (χ0v) is 27.6. The van der Waals surface area contributed by atoms with Crippen molar-refractivity contribution in [3.05, 3.63) is 93.5 Å². The first-order valence-electron chi connectivity index (χ1n) is 16.0. The van der Waals surface area contributed by atoms with Crippen molar-refractivity contribution in [2.75, 3.05) is 54.2 Å². The van der Waals surface area contributed by atoms with Gasteiger partial charge in [-0.15, -0.1) is 0 Å². The zero-order chi connectivity index (χ0) is 32.1. The van der Waals surface area contributed by atoms with E-state index in [1.54, 1.807) is 21.3 Å². The average Bonchev–Trinajstić information content (AvgIpc) is 3.05. The summed E-state index contributed by atoms with van der Waals surface area (Å²) in [6.07, 6.45) is 3.36. The Bertz CT molecular complexity index is 1790. The van der Waals surface area contributed by atoms with Gasteiger partial charge in [0.25, 0.3) is 0 Å². The molecule has 8 nitrogen and oxygen atoms in total. The summed E-state index contributed by atoms with van der Waals surface area (Å²) >= 11 is 0. The van der Waals surface area contributed by atoms with E-state index in [2.05, 4.69) is 61.2 Å². The van der Waals surface area contributed by atoms with Crippen LogP contribution in [0.4, 0.5) is 5.69 Å². The molecule has 0 fully saturated rings. The second-order valence-electron chi connectivity index (χ2n) is 12.8. The van der Waals surface area contributed by atoms with Crippen LogP contribution in [0.3, 0.4) is 0 Å². The Balaban J connectivity index is 1.47.